The predicted molar refractivity (Wildman–Crippen MR) is 66.4 cm³/mol. The lowest BCUT2D eigenvalue weighted by Gasteiger charge is -2.01. The molecule has 0 aliphatic rings. The van der Waals surface area contributed by atoms with E-state index in [1.165, 1.54) is 0 Å². The van der Waals surface area contributed by atoms with Gasteiger partial charge in [0.15, 0.2) is 0 Å². The number of hydrogen-bond donors (Lipinski definition) is 0. The first-order chi connectivity index (χ1) is 8.58. The third kappa shape index (κ3) is 2.19. The highest BCUT2D eigenvalue weighted by Gasteiger charge is 2.04. The summed E-state index contributed by atoms with van der Waals surface area (Å²) in [6.07, 6.45) is 0. The van der Waals surface area contributed by atoms with Gasteiger partial charge in [0.25, 0.3) is 11.4 Å². The van der Waals surface area contributed by atoms with Crippen LogP contribution in [0.3, 0.4) is 0 Å². The van der Waals surface area contributed by atoms with Crippen LogP contribution in [-0.2, 0) is 0 Å². The van der Waals surface area contributed by atoms with Crippen LogP contribution in [0.15, 0.2) is 12.1 Å². The Balaban J connectivity index is 3.96. The van der Waals surface area contributed by atoms with Crippen molar-refractivity contribution in [3.8, 4) is 12.1 Å². The molecule has 0 aliphatic carbocycles. The maximum Gasteiger partial charge on any atom is 0.269 e. The molecule has 0 unspecified atom stereocenters. The highest BCUT2D eigenvalue weighted by atomic mass is 14.7. The molecular formula is C14H8N4. The minimum absolute atomic E-state index is 0.0171. The second kappa shape index (κ2) is 5.31. The summed E-state index contributed by atoms with van der Waals surface area (Å²) < 4.78 is 0. The fraction of sp³-hybridized carbons (Fsp3) is 0.143. The van der Waals surface area contributed by atoms with Crippen LogP contribution in [0.1, 0.15) is 11.1 Å². The molecule has 1 aromatic carbocycles. The summed E-state index contributed by atoms with van der Waals surface area (Å²) in [5.41, 5.74) is 1.45. The van der Waals surface area contributed by atoms with Gasteiger partial charge in [-0.2, -0.15) is 0 Å². The molecule has 4 nitrogen and oxygen atoms in total. The van der Waals surface area contributed by atoms with E-state index in [-0.39, 0.29) is 11.4 Å². The molecule has 0 aromatic heterocycles. The molecule has 0 aliphatic heterocycles. The lowest BCUT2D eigenvalue weighted by atomic mass is 10.0. The number of benzene rings is 1. The highest BCUT2D eigenvalue weighted by Crippen LogP contribution is 2.00. The fourth-order valence-electron chi connectivity index (χ4n) is 1.62. The number of rotatable bonds is 0. The van der Waals surface area contributed by atoms with Crippen molar-refractivity contribution >= 4 is 11.4 Å². The summed E-state index contributed by atoms with van der Waals surface area (Å²) in [7, 11) is 0. The molecule has 0 radical (unpaired) electrons. The van der Waals surface area contributed by atoms with Gasteiger partial charge in [-0.3, -0.25) is 0 Å². The van der Waals surface area contributed by atoms with Crippen molar-refractivity contribution < 1.29 is 0 Å². The van der Waals surface area contributed by atoms with Crippen LogP contribution < -0.4 is 10.4 Å². The van der Waals surface area contributed by atoms with Gasteiger partial charge in [-0.05, 0) is 24.3 Å². The lowest BCUT2D eigenvalue weighted by Crippen LogP contribution is -2.19. The largest absolute Gasteiger partial charge is 0.269 e. The summed E-state index contributed by atoms with van der Waals surface area (Å²) in [5, 5.41) is 18.8. The molecule has 0 fully saturated rings. The molecule has 4 heteroatoms. The second-order valence-corrected chi connectivity index (χ2v) is 3.63. The van der Waals surface area contributed by atoms with Crippen molar-refractivity contribution in [3.63, 3.8) is 0 Å². The zero-order valence-electron chi connectivity index (χ0n) is 9.94. The van der Waals surface area contributed by atoms with Crippen LogP contribution in [0.4, 0.5) is 0 Å². The average Bonchev–Trinajstić information content (AvgIpc) is 2.37. The van der Waals surface area contributed by atoms with Crippen molar-refractivity contribution in [1.82, 2.24) is 0 Å². The number of nitrogens with zero attached hydrogens (tertiary/aromatic N) is 4. The van der Waals surface area contributed by atoms with Gasteiger partial charge >= 0.3 is 0 Å². The quantitative estimate of drug-likeness (QED) is 0.635. The Bertz CT molecular complexity index is 685. The van der Waals surface area contributed by atoms with Crippen LogP contribution in [0.5, 0.6) is 0 Å². The summed E-state index contributed by atoms with van der Waals surface area (Å²) >= 11 is 0. The predicted octanol–water partition coefficient (Wildman–Crippen LogP) is 1.41. The van der Waals surface area contributed by atoms with Crippen molar-refractivity contribution in [1.29, 1.82) is 10.5 Å². The van der Waals surface area contributed by atoms with Crippen LogP contribution in [0, 0.1) is 49.7 Å². The molecule has 0 bridgehead atoms. The van der Waals surface area contributed by atoms with Crippen LogP contribution in [0.2, 0.25) is 0 Å². The topological polar surface area (TPSA) is 56.3 Å². The van der Waals surface area contributed by atoms with Crippen LogP contribution in [-0.4, -0.2) is 0 Å². The Hall–Kier alpha value is -3.08. The minimum Gasteiger partial charge on any atom is -0.226 e. The number of aryl methyl sites for hydroxylation is 2. The maximum absolute atomic E-state index is 8.86. The van der Waals surface area contributed by atoms with Gasteiger partial charge in [0.2, 0.25) is 0 Å². The van der Waals surface area contributed by atoms with Gasteiger partial charge in [-0.15, -0.1) is 0 Å². The monoisotopic (exact) mass is 232 g/mol. The van der Waals surface area contributed by atoms with Gasteiger partial charge in [-0.25, -0.2) is 20.2 Å². The minimum atomic E-state index is 0.0171. The Morgan fingerprint density at radius 1 is 0.944 bits per heavy atom. The molecule has 84 valence electrons. The molecular weight excluding hydrogens is 224 g/mol. The molecule has 0 saturated carbocycles. The standard InChI is InChI=1S/C14H8N4/c1-9-5-12(14(8-16)18-4)10(2)6-11(9)13(7-15)17-3/h5-6H,1-2H3. The first-order valence-electron chi connectivity index (χ1n) is 5.00. The third-order valence-electron chi connectivity index (χ3n) is 2.52. The normalized spacial score (nSPS) is 12.3. The van der Waals surface area contributed by atoms with Gasteiger partial charge < -0.3 is 0 Å². The van der Waals surface area contributed by atoms with Crippen molar-refractivity contribution in [2.24, 2.45) is 0 Å². The van der Waals surface area contributed by atoms with E-state index in [0.29, 0.717) is 21.6 Å². The first-order valence-corrected chi connectivity index (χ1v) is 5.00. The summed E-state index contributed by atoms with van der Waals surface area (Å²) in [4.78, 5) is 6.33. The van der Waals surface area contributed by atoms with Crippen molar-refractivity contribution in [2.75, 3.05) is 0 Å². The molecule has 0 heterocycles. The molecule has 0 saturated heterocycles. The Labute approximate surface area is 105 Å². The molecule has 0 atom stereocenters. The first kappa shape index (κ1) is 13.0. The van der Waals surface area contributed by atoms with E-state index < -0.39 is 0 Å². The molecule has 18 heavy (non-hydrogen) atoms. The maximum atomic E-state index is 8.86. The summed E-state index contributed by atoms with van der Waals surface area (Å²) in [5.74, 6) is 0. The average molecular weight is 232 g/mol. The van der Waals surface area contributed by atoms with E-state index in [9.17, 15) is 0 Å². The van der Waals surface area contributed by atoms with E-state index in [2.05, 4.69) is 9.69 Å². The Morgan fingerprint density at radius 3 is 1.50 bits per heavy atom. The lowest BCUT2D eigenvalue weighted by molar-refractivity contribution is 1.30. The summed E-state index contributed by atoms with van der Waals surface area (Å²) in [6, 6.07) is 7.03. The molecule has 0 spiro atoms. The zero-order valence-corrected chi connectivity index (χ0v) is 9.94. The highest BCUT2D eigenvalue weighted by molar-refractivity contribution is 5.69. The van der Waals surface area contributed by atoms with Crippen LogP contribution >= 0.6 is 0 Å². The van der Waals surface area contributed by atoms with E-state index >= 15 is 0 Å². The van der Waals surface area contributed by atoms with E-state index in [1.807, 2.05) is 12.1 Å². The second-order valence-electron chi connectivity index (χ2n) is 3.63. The summed E-state index contributed by atoms with van der Waals surface area (Å²) in [6.45, 7) is 17.4. The van der Waals surface area contributed by atoms with E-state index in [1.54, 1.807) is 26.0 Å². The van der Waals surface area contributed by atoms with Crippen molar-refractivity contribution in [3.05, 3.63) is 56.5 Å². The Morgan fingerprint density at radius 2 is 1.28 bits per heavy atom. The van der Waals surface area contributed by atoms with E-state index in [4.69, 9.17) is 23.7 Å². The van der Waals surface area contributed by atoms with Crippen molar-refractivity contribution in [2.45, 2.75) is 13.8 Å². The van der Waals surface area contributed by atoms with Gasteiger partial charge in [0.1, 0.15) is 0 Å². The molecule has 1 rings (SSSR count). The molecule has 0 N–H and O–H groups in total. The smallest absolute Gasteiger partial charge is 0.226 e. The van der Waals surface area contributed by atoms with Gasteiger partial charge in [-0.1, -0.05) is 23.3 Å². The number of nitriles is 2. The molecule has 0 amide bonds. The zero-order chi connectivity index (χ0) is 13.7. The van der Waals surface area contributed by atoms with Crippen LogP contribution in [0.25, 0.3) is 21.1 Å². The number of hydrogen-bond acceptors (Lipinski definition) is 2. The Kier molecular flexibility index (Phi) is 3.83. The molecule has 1 aromatic rings. The van der Waals surface area contributed by atoms with Gasteiger partial charge in [0, 0.05) is 0 Å². The van der Waals surface area contributed by atoms with E-state index in [0.717, 1.165) is 0 Å². The van der Waals surface area contributed by atoms with Gasteiger partial charge in [0.05, 0.1) is 25.3 Å². The SMILES string of the molecule is [C-]#[N+]C(C#N)=c1cc(C)c(=C(C#N)[N+]#[C-])cc1C. The third-order valence-corrected chi connectivity index (χ3v) is 2.52. The fourth-order valence-corrected chi connectivity index (χ4v) is 1.62.